The maximum atomic E-state index is 13.9. The van der Waals surface area contributed by atoms with E-state index in [1.165, 1.54) is 12.1 Å². The molecule has 1 N–H and O–H groups in total. The van der Waals surface area contributed by atoms with Gasteiger partial charge in [0, 0.05) is 23.6 Å². The molecule has 0 bridgehead atoms. The molecule has 21 heavy (non-hydrogen) atoms. The number of hydrogen-bond acceptors (Lipinski definition) is 1. The zero-order valence-electron chi connectivity index (χ0n) is 11.9. The van der Waals surface area contributed by atoms with Gasteiger partial charge < -0.3 is 5.32 Å². The Hall–Kier alpha value is -1.45. The van der Waals surface area contributed by atoms with E-state index >= 15 is 0 Å². The van der Waals surface area contributed by atoms with Crippen molar-refractivity contribution in [2.45, 2.75) is 19.3 Å². The molecule has 0 radical (unpaired) electrons. The number of hydrogen-bond donors (Lipinski definition) is 1. The molecule has 4 heteroatoms. The Kier molecular flexibility index (Phi) is 5.71. The summed E-state index contributed by atoms with van der Waals surface area (Å²) < 4.78 is 26.9. The van der Waals surface area contributed by atoms with Crippen LogP contribution in [0, 0.1) is 11.6 Å². The molecule has 0 spiro atoms. The number of rotatable bonds is 6. The van der Waals surface area contributed by atoms with Crippen molar-refractivity contribution in [3.05, 3.63) is 70.2 Å². The van der Waals surface area contributed by atoms with E-state index in [4.69, 9.17) is 11.6 Å². The van der Waals surface area contributed by atoms with E-state index in [2.05, 4.69) is 5.32 Å². The molecular formula is C17H18ClF2N. The van der Waals surface area contributed by atoms with Gasteiger partial charge in [0.2, 0.25) is 0 Å². The van der Waals surface area contributed by atoms with Crippen molar-refractivity contribution >= 4 is 11.6 Å². The van der Waals surface area contributed by atoms with E-state index in [9.17, 15) is 8.78 Å². The van der Waals surface area contributed by atoms with Crippen LogP contribution in [0.3, 0.4) is 0 Å². The highest BCUT2D eigenvalue weighted by Gasteiger charge is 2.17. The first kappa shape index (κ1) is 15.9. The zero-order valence-corrected chi connectivity index (χ0v) is 12.6. The van der Waals surface area contributed by atoms with Gasteiger partial charge in [-0.05, 0) is 36.2 Å². The molecule has 2 aromatic carbocycles. The van der Waals surface area contributed by atoms with E-state index in [1.807, 2.05) is 31.2 Å². The van der Waals surface area contributed by atoms with Crippen LogP contribution in [0.25, 0.3) is 0 Å². The highest BCUT2D eigenvalue weighted by Crippen LogP contribution is 2.28. The maximum Gasteiger partial charge on any atom is 0.129 e. The topological polar surface area (TPSA) is 12.0 Å². The predicted molar refractivity (Wildman–Crippen MR) is 82.8 cm³/mol. The maximum absolute atomic E-state index is 13.9. The van der Waals surface area contributed by atoms with Gasteiger partial charge in [-0.25, -0.2) is 8.78 Å². The molecule has 0 heterocycles. The molecule has 112 valence electrons. The van der Waals surface area contributed by atoms with Crippen LogP contribution in [0.4, 0.5) is 8.78 Å². The lowest BCUT2D eigenvalue weighted by Crippen LogP contribution is -2.23. The van der Waals surface area contributed by atoms with Crippen LogP contribution in [0.5, 0.6) is 0 Å². The summed E-state index contributed by atoms with van der Waals surface area (Å²) in [5, 5.41) is 3.94. The van der Waals surface area contributed by atoms with Crippen LogP contribution in [0.2, 0.25) is 5.02 Å². The summed E-state index contributed by atoms with van der Waals surface area (Å²) in [5.41, 5.74) is 1.48. The van der Waals surface area contributed by atoms with Gasteiger partial charge in [-0.15, -0.1) is 0 Å². The Morgan fingerprint density at radius 2 is 1.90 bits per heavy atom. The molecule has 0 amide bonds. The minimum Gasteiger partial charge on any atom is -0.316 e. The number of likely N-dealkylation sites (N-methyl/N-ethyl adjacent to an activating group) is 1. The molecule has 0 aliphatic carbocycles. The predicted octanol–water partition coefficient (Wildman–Crippen LogP) is 4.55. The molecule has 1 unspecified atom stereocenters. The first-order valence-electron chi connectivity index (χ1n) is 7.01. The van der Waals surface area contributed by atoms with Crippen molar-refractivity contribution in [1.29, 1.82) is 0 Å². The fourth-order valence-corrected chi connectivity index (χ4v) is 2.66. The Bertz CT molecular complexity index is 601. The minimum absolute atomic E-state index is 0.0404. The Morgan fingerprint density at radius 3 is 2.57 bits per heavy atom. The third-order valence-electron chi connectivity index (χ3n) is 3.47. The number of nitrogens with one attached hydrogen (secondary N) is 1. The van der Waals surface area contributed by atoms with Gasteiger partial charge in [-0.3, -0.25) is 0 Å². The SMILES string of the molecule is CCNCC(Cc1ccc(F)cc1F)c1ccccc1Cl. The smallest absolute Gasteiger partial charge is 0.129 e. The van der Waals surface area contributed by atoms with Crippen molar-refractivity contribution in [1.82, 2.24) is 5.32 Å². The van der Waals surface area contributed by atoms with Gasteiger partial charge in [0.1, 0.15) is 11.6 Å². The summed E-state index contributed by atoms with van der Waals surface area (Å²) >= 11 is 6.25. The first-order chi connectivity index (χ1) is 10.1. The number of halogens is 3. The van der Waals surface area contributed by atoms with Crippen LogP contribution < -0.4 is 5.32 Å². The van der Waals surface area contributed by atoms with Crippen molar-refractivity contribution in [2.75, 3.05) is 13.1 Å². The quantitative estimate of drug-likeness (QED) is 0.825. The molecule has 0 fully saturated rings. The Balaban J connectivity index is 2.26. The third-order valence-corrected chi connectivity index (χ3v) is 3.81. The van der Waals surface area contributed by atoms with Crippen LogP contribution in [-0.4, -0.2) is 13.1 Å². The highest BCUT2D eigenvalue weighted by molar-refractivity contribution is 6.31. The van der Waals surface area contributed by atoms with Crippen molar-refractivity contribution in [3.8, 4) is 0 Å². The van der Waals surface area contributed by atoms with E-state index in [-0.39, 0.29) is 5.92 Å². The van der Waals surface area contributed by atoms with Crippen LogP contribution in [0.15, 0.2) is 42.5 Å². The molecule has 0 saturated carbocycles. The summed E-state index contributed by atoms with van der Waals surface area (Å²) in [4.78, 5) is 0. The standard InChI is InChI=1S/C17H18ClF2N/c1-2-21-11-13(15-5-3-4-6-16(15)18)9-12-7-8-14(19)10-17(12)20/h3-8,10,13,21H,2,9,11H2,1H3. The summed E-state index contributed by atoms with van der Waals surface area (Å²) in [6.45, 7) is 3.53. The van der Waals surface area contributed by atoms with Crippen molar-refractivity contribution in [3.63, 3.8) is 0 Å². The normalized spacial score (nSPS) is 12.4. The molecule has 1 atom stereocenters. The Labute approximate surface area is 128 Å². The average Bonchev–Trinajstić information content (AvgIpc) is 2.46. The molecule has 2 aromatic rings. The average molecular weight is 310 g/mol. The molecule has 0 aromatic heterocycles. The molecular weight excluding hydrogens is 292 g/mol. The molecule has 0 saturated heterocycles. The lowest BCUT2D eigenvalue weighted by molar-refractivity contribution is 0.547. The van der Waals surface area contributed by atoms with Gasteiger partial charge in [0.25, 0.3) is 0 Å². The van der Waals surface area contributed by atoms with Crippen molar-refractivity contribution < 1.29 is 8.78 Å². The minimum atomic E-state index is -0.558. The summed E-state index contributed by atoms with van der Waals surface area (Å²) in [5.74, 6) is -1.03. The molecule has 1 nitrogen and oxygen atoms in total. The third kappa shape index (κ3) is 4.26. The fourth-order valence-electron chi connectivity index (χ4n) is 2.37. The molecule has 2 rings (SSSR count). The second-order valence-electron chi connectivity index (χ2n) is 4.97. The van der Waals surface area contributed by atoms with E-state index in [1.54, 1.807) is 0 Å². The van der Waals surface area contributed by atoms with E-state index in [0.29, 0.717) is 23.6 Å². The first-order valence-corrected chi connectivity index (χ1v) is 7.38. The van der Waals surface area contributed by atoms with Gasteiger partial charge in [0.05, 0.1) is 0 Å². The summed E-state index contributed by atoms with van der Waals surface area (Å²) in [6, 6.07) is 11.3. The van der Waals surface area contributed by atoms with Crippen LogP contribution in [0.1, 0.15) is 24.0 Å². The molecule has 0 aliphatic heterocycles. The van der Waals surface area contributed by atoms with Crippen LogP contribution >= 0.6 is 11.6 Å². The van der Waals surface area contributed by atoms with Gasteiger partial charge in [-0.2, -0.15) is 0 Å². The van der Waals surface area contributed by atoms with Crippen LogP contribution in [-0.2, 0) is 6.42 Å². The van der Waals surface area contributed by atoms with E-state index in [0.717, 1.165) is 18.2 Å². The lowest BCUT2D eigenvalue weighted by Gasteiger charge is -2.19. The van der Waals surface area contributed by atoms with E-state index < -0.39 is 11.6 Å². The van der Waals surface area contributed by atoms with Gasteiger partial charge in [-0.1, -0.05) is 42.8 Å². The number of benzene rings is 2. The monoisotopic (exact) mass is 309 g/mol. The van der Waals surface area contributed by atoms with Crippen molar-refractivity contribution in [2.24, 2.45) is 0 Å². The largest absolute Gasteiger partial charge is 0.316 e. The van der Waals surface area contributed by atoms with Gasteiger partial charge >= 0.3 is 0 Å². The highest BCUT2D eigenvalue weighted by atomic mass is 35.5. The summed E-state index contributed by atoms with van der Waals surface area (Å²) in [6.07, 6.45) is 0.475. The fraction of sp³-hybridized carbons (Fsp3) is 0.294. The summed E-state index contributed by atoms with van der Waals surface area (Å²) in [7, 11) is 0. The molecule has 0 aliphatic rings. The van der Waals surface area contributed by atoms with Gasteiger partial charge in [0.15, 0.2) is 0 Å². The second-order valence-corrected chi connectivity index (χ2v) is 5.37. The lowest BCUT2D eigenvalue weighted by atomic mass is 9.91. The Morgan fingerprint density at radius 1 is 1.14 bits per heavy atom. The zero-order chi connectivity index (χ0) is 15.2. The second kappa shape index (κ2) is 7.53.